The third-order valence-corrected chi connectivity index (χ3v) is 4.90. The summed E-state index contributed by atoms with van der Waals surface area (Å²) in [5.41, 5.74) is 1.31. The first-order chi connectivity index (χ1) is 12.3. The van der Waals surface area contributed by atoms with Crippen LogP contribution in [0.1, 0.15) is 31.0 Å². The summed E-state index contributed by atoms with van der Waals surface area (Å²) in [6.45, 7) is 4.34. The summed E-state index contributed by atoms with van der Waals surface area (Å²) in [7, 11) is 0. The van der Waals surface area contributed by atoms with Crippen molar-refractivity contribution in [3.05, 3.63) is 72.6 Å². The third-order valence-electron chi connectivity index (χ3n) is 4.90. The first-order valence-electron chi connectivity index (χ1n) is 8.72. The van der Waals surface area contributed by atoms with E-state index < -0.39 is 0 Å². The molecule has 2 aromatic carbocycles. The van der Waals surface area contributed by atoms with Crippen LogP contribution in [-0.4, -0.2) is 33.0 Å². The van der Waals surface area contributed by atoms with Gasteiger partial charge in [0.1, 0.15) is 11.5 Å². The van der Waals surface area contributed by atoms with Gasteiger partial charge in [-0.05, 0) is 43.2 Å². The minimum Gasteiger partial charge on any atom is -0.457 e. The molecule has 2 unspecified atom stereocenters. The first-order valence-corrected chi connectivity index (χ1v) is 8.72. The maximum absolute atomic E-state index is 5.87. The molecule has 1 aliphatic rings. The smallest absolute Gasteiger partial charge is 0.127 e. The van der Waals surface area contributed by atoms with Crippen molar-refractivity contribution in [3.8, 4) is 11.5 Å². The number of hydrogen-bond donors (Lipinski definition) is 0. The molecular weight excluding hydrogens is 312 g/mol. The van der Waals surface area contributed by atoms with Crippen molar-refractivity contribution in [1.29, 1.82) is 0 Å². The average Bonchev–Trinajstić information content (AvgIpc) is 3.34. The van der Waals surface area contributed by atoms with Crippen LogP contribution in [0.5, 0.6) is 11.5 Å². The van der Waals surface area contributed by atoms with Gasteiger partial charge < -0.3 is 4.74 Å². The van der Waals surface area contributed by atoms with E-state index in [4.69, 9.17) is 4.74 Å². The Morgan fingerprint density at radius 1 is 1.04 bits per heavy atom. The van der Waals surface area contributed by atoms with Gasteiger partial charge in [-0.15, -0.1) is 5.10 Å². The second kappa shape index (κ2) is 7.07. The normalized spacial score (nSPS) is 19.0. The molecule has 2 atom stereocenters. The average molecular weight is 334 g/mol. The van der Waals surface area contributed by atoms with Gasteiger partial charge in [0.25, 0.3) is 0 Å². The highest BCUT2D eigenvalue weighted by molar-refractivity contribution is 5.33. The monoisotopic (exact) mass is 334 g/mol. The van der Waals surface area contributed by atoms with Crippen LogP contribution in [-0.2, 0) is 0 Å². The number of ether oxygens (including phenoxy) is 1. The molecule has 2 heterocycles. The zero-order chi connectivity index (χ0) is 17.1. The van der Waals surface area contributed by atoms with Crippen LogP contribution in [0.25, 0.3) is 0 Å². The van der Waals surface area contributed by atoms with Gasteiger partial charge in [0.2, 0.25) is 0 Å². The summed E-state index contributed by atoms with van der Waals surface area (Å²) in [4.78, 5) is 2.50. The number of benzene rings is 2. The molecule has 1 aliphatic heterocycles. The van der Waals surface area contributed by atoms with Crippen LogP contribution in [0.15, 0.2) is 67.0 Å². The highest BCUT2D eigenvalue weighted by Gasteiger charge is 2.28. The molecule has 3 aromatic rings. The van der Waals surface area contributed by atoms with Crippen LogP contribution in [0.3, 0.4) is 0 Å². The van der Waals surface area contributed by atoms with Crippen LogP contribution >= 0.6 is 0 Å². The fourth-order valence-electron chi connectivity index (χ4n) is 3.40. The molecule has 25 heavy (non-hydrogen) atoms. The SMILES string of the molecule is CC(c1ccc(Oc2ccccc2)cc1)N1CCC(n2ccnn2)C1. The number of para-hydroxylation sites is 1. The van der Waals surface area contributed by atoms with Gasteiger partial charge in [0.05, 0.1) is 12.2 Å². The van der Waals surface area contributed by atoms with E-state index in [2.05, 4.69) is 34.3 Å². The van der Waals surface area contributed by atoms with Gasteiger partial charge in [-0.3, -0.25) is 4.90 Å². The molecule has 1 aromatic heterocycles. The Bertz CT molecular complexity index is 786. The quantitative estimate of drug-likeness (QED) is 0.705. The highest BCUT2D eigenvalue weighted by atomic mass is 16.5. The van der Waals surface area contributed by atoms with Gasteiger partial charge in [0, 0.05) is 25.3 Å². The van der Waals surface area contributed by atoms with Gasteiger partial charge in [0.15, 0.2) is 0 Å². The summed E-state index contributed by atoms with van der Waals surface area (Å²) >= 11 is 0. The molecule has 5 nitrogen and oxygen atoms in total. The van der Waals surface area contributed by atoms with Crippen LogP contribution < -0.4 is 4.74 Å². The maximum atomic E-state index is 5.87. The molecule has 1 fully saturated rings. The van der Waals surface area contributed by atoms with Crippen LogP contribution in [0.2, 0.25) is 0 Å². The van der Waals surface area contributed by atoms with E-state index in [-0.39, 0.29) is 0 Å². The maximum Gasteiger partial charge on any atom is 0.127 e. The first kappa shape index (κ1) is 15.8. The molecule has 0 radical (unpaired) electrons. The van der Waals surface area contributed by atoms with Crippen molar-refractivity contribution < 1.29 is 4.74 Å². The molecule has 4 rings (SSSR count). The summed E-state index contributed by atoms with van der Waals surface area (Å²) < 4.78 is 7.85. The summed E-state index contributed by atoms with van der Waals surface area (Å²) in [5, 5.41) is 8.06. The van der Waals surface area contributed by atoms with E-state index in [0.29, 0.717) is 12.1 Å². The topological polar surface area (TPSA) is 43.2 Å². The Hall–Kier alpha value is -2.66. The third kappa shape index (κ3) is 3.56. The largest absolute Gasteiger partial charge is 0.457 e. The molecule has 0 spiro atoms. The minimum absolute atomic E-state index is 0.374. The lowest BCUT2D eigenvalue weighted by molar-refractivity contribution is 0.250. The van der Waals surface area contributed by atoms with E-state index in [1.807, 2.05) is 53.3 Å². The Labute approximate surface area is 147 Å². The fourth-order valence-corrected chi connectivity index (χ4v) is 3.40. The van der Waals surface area contributed by atoms with Gasteiger partial charge in [-0.25, -0.2) is 4.68 Å². The van der Waals surface area contributed by atoms with Crippen LogP contribution in [0.4, 0.5) is 0 Å². The molecule has 0 N–H and O–H groups in total. The Morgan fingerprint density at radius 2 is 1.80 bits per heavy atom. The molecule has 0 aliphatic carbocycles. The zero-order valence-electron chi connectivity index (χ0n) is 14.3. The lowest BCUT2D eigenvalue weighted by Gasteiger charge is -2.24. The van der Waals surface area contributed by atoms with Crippen LogP contribution in [0, 0.1) is 0 Å². The highest BCUT2D eigenvalue weighted by Crippen LogP contribution is 2.30. The minimum atomic E-state index is 0.374. The number of aromatic nitrogens is 3. The van der Waals surface area contributed by atoms with E-state index in [9.17, 15) is 0 Å². The van der Waals surface area contributed by atoms with E-state index >= 15 is 0 Å². The summed E-state index contributed by atoms with van der Waals surface area (Å²) in [6.07, 6.45) is 4.81. The second-order valence-corrected chi connectivity index (χ2v) is 6.48. The Morgan fingerprint density at radius 3 is 2.52 bits per heavy atom. The molecule has 0 bridgehead atoms. The second-order valence-electron chi connectivity index (χ2n) is 6.48. The van der Waals surface area contributed by atoms with E-state index in [0.717, 1.165) is 31.0 Å². The predicted molar refractivity (Wildman–Crippen MR) is 96.6 cm³/mol. The molecule has 5 heteroatoms. The van der Waals surface area contributed by atoms with Crippen molar-refractivity contribution in [2.45, 2.75) is 25.4 Å². The van der Waals surface area contributed by atoms with Crippen molar-refractivity contribution in [3.63, 3.8) is 0 Å². The van der Waals surface area contributed by atoms with Crippen molar-refractivity contribution >= 4 is 0 Å². The molecular formula is C20H22N4O. The van der Waals surface area contributed by atoms with E-state index in [1.165, 1.54) is 5.56 Å². The molecule has 1 saturated heterocycles. The summed E-state index contributed by atoms with van der Waals surface area (Å²) in [5.74, 6) is 1.72. The Balaban J connectivity index is 1.40. The lowest BCUT2D eigenvalue weighted by Crippen LogP contribution is -2.25. The van der Waals surface area contributed by atoms with Gasteiger partial charge >= 0.3 is 0 Å². The molecule has 0 saturated carbocycles. The van der Waals surface area contributed by atoms with Crippen molar-refractivity contribution in [2.24, 2.45) is 0 Å². The number of rotatable bonds is 5. The van der Waals surface area contributed by atoms with E-state index in [1.54, 1.807) is 6.20 Å². The lowest BCUT2D eigenvalue weighted by atomic mass is 10.1. The van der Waals surface area contributed by atoms with Gasteiger partial charge in [-0.1, -0.05) is 35.5 Å². The standard InChI is InChI=1S/C20H22N4O/c1-16(23-13-11-18(15-23)24-14-12-21-22-24)17-7-9-20(10-8-17)25-19-5-3-2-4-6-19/h2-10,12,14,16,18H,11,13,15H2,1H3. The van der Waals surface area contributed by atoms with Gasteiger partial charge in [-0.2, -0.15) is 0 Å². The Kier molecular flexibility index (Phi) is 4.48. The zero-order valence-corrected chi connectivity index (χ0v) is 14.3. The molecule has 0 amide bonds. The molecule has 128 valence electrons. The predicted octanol–water partition coefficient (Wildman–Crippen LogP) is 4.08. The number of hydrogen-bond acceptors (Lipinski definition) is 4. The van der Waals surface area contributed by atoms with Crippen molar-refractivity contribution in [2.75, 3.05) is 13.1 Å². The number of nitrogens with zero attached hydrogens (tertiary/aromatic N) is 4. The summed E-state index contributed by atoms with van der Waals surface area (Å²) in [6, 6.07) is 19.1. The fraction of sp³-hybridized carbons (Fsp3) is 0.300. The van der Waals surface area contributed by atoms with Crippen molar-refractivity contribution in [1.82, 2.24) is 19.9 Å². The number of likely N-dealkylation sites (tertiary alicyclic amines) is 1.